The van der Waals surface area contributed by atoms with E-state index in [4.69, 9.17) is 5.73 Å². The Bertz CT molecular complexity index is 401. The number of hydrogen-bond donors (Lipinski definition) is 2. The summed E-state index contributed by atoms with van der Waals surface area (Å²) in [5.41, 5.74) is 13.0. The molecule has 0 amide bonds. The highest BCUT2D eigenvalue weighted by Crippen LogP contribution is 2.31. The average molecular weight is 248 g/mol. The van der Waals surface area contributed by atoms with Crippen molar-refractivity contribution in [2.24, 2.45) is 5.73 Å². The molecule has 0 heterocycles. The van der Waals surface area contributed by atoms with Crippen LogP contribution < -0.4 is 11.1 Å². The van der Waals surface area contributed by atoms with Gasteiger partial charge < -0.3 is 11.1 Å². The fourth-order valence-electron chi connectivity index (χ4n) is 2.64. The van der Waals surface area contributed by atoms with Gasteiger partial charge in [0.05, 0.1) is 0 Å². The second-order valence-electron chi connectivity index (χ2n) is 6.21. The minimum Gasteiger partial charge on any atom is -0.325 e. The quantitative estimate of drug-likeness (QED) is 0.858. The van der Waals surface area contributed by atoms with Crippen LogP contribution in [-0.2, 0) is 0 Å². The molecular weight excluding hydrogens is 220 g/mol. The van der Waals surface area contributed by atoms with Crippen LogP contribution in [0.5, 0.6) is 0 Å². The number of aryl methyl sites for hydroxylation is 2. The van der Waals surface area contributed by atoms with Crippen LogP contribution in [0.1, 0.15) is 54.1 Å². The van der Waals surface area contributed by atoms with Crippen molar-refractivity contribution in [3.8, 4) is 0 Å². The summed E-state index contributed by atoms with van der Waals surface area (Å²) in [7, 11) is 2.02. The molecule has 1 aromatic rings. The van der Waals surface area contributed by atoms with E-state index in [9.17, 15) is 0 Å². The number of nitrogens with one attached hydrogen (secondary N) is 1. The summed E-state index contributed by atoms with van der Waals surface area (Å²) in [6.07, 6.45) is 0.939. The molecule has 18 heavy (non-hydrogen) atoms. The van der Waals surface area contributed by atoms with Crippen LogP contribution in [-0.4, -0.2) is 12.6 Å². The Balaban J connectivity index is 3.29. The molecule has 0 saturated heterocycles. The molecule has 1 unspecified atom stereocenters. The molecule has 1 aromatic carbocycles. The molecule has 0 saturated carbocycles. The predicted molar refractivity (Wildman–Crippen MR) is 80.1 cm³/mol. The molecule has 0 aromatic heterocycles. The van der Waals surface area contributed by atoms with Crippen LogP contribution in [0.2, 0.25) is 0 Å². The molecule has 0 radical (unpaired) electrons. The maximum absolute atomic E-state index is 6.19. The molecule has 1 atom stereocenters. The van der Waals surface area contributed by atoms with Gasteiger partial charge in [0, 0.05) is 11.6 Å². The Hall–Kier alpha value is -0.860. The highest BCUT2D eigenvalue weighted by Gasteiger charge is 2.23. The van der Waals surface area contributed by atoms with Gasteiger partial charge >= 0.3 is 0 Å². The Kier molecular flexibility index (Phi) is 4.57. The fourth-order valence-corrected chi connectivity index (χ4v) is 2.64. The van der Waals surface area contributed by atoms with E-state index in [0.29, 0.717) is 6.04 Å². The lowest BCUT2D eigenvalue weighted by atomic mass is 9.84. The zero-order chi connectivity index (χ0) is 14.1. The summed E-state index contributed by atoms with van der Waals surface area (Å²) >= 11 is 0. The normalized spacial score (nSPS) is 13.8. The summed E-state index contributed by atoms with van der Waals surface area (Å²) in [6.45, 7) is 13.0. The van der Waals surface area contributed by atoms with Crippen molar-refractivity contribution < 1.29 is 0 Å². The molecule has 3 N–H and O–H groups in total. The number of nitrogens with two attached hydrogens (primary N) is 1. The van der Waals surface area contributed by atoms with E-state index in [-0.39, 0.29) is 5.54 Å². The van der Waals surface area contributed by atoms with E-state index >= 15 is 0 Å². The van der Waals surface area contributed by atoms with Crippen LogP contribution in [0.25, 0.3) is 0 Å². The molecule has 1 rings (SSSR count). The van der Waals surface area contributed by atoms with Crippen molar-refractivity contribution in [2.45, 2.75) is 59.5 Å². The van der Waals surface area contributed by atoms with Gasteiger partial charge in [-0.1, -0.05) is 6.07 Å². The first-order valence-corrected chi connectivity index (χ1v) is 6.71. The van der Waals surface area contributed by atoms with Crippen LogP contribution in [0.3, 0.4) is 0 Å². The van der Waals surface area contributed by atoms with Gasteiger partial charge in [-0.3, -0.25) is 0 Å². The van der Waals surface area contributed by atoms with Gasteiger partial charge in [0.15, 0.2) is 0 Å². The van der Waals surface area contributed by atoms with Gasteiger partial charge in [0.1, 0.15) is 0 Å². The first kappa shape index (κ1) is 15.2. The number of rotatable bonds is 4. The van der Waals surface area contributed by atoms with Crippen molar-refractivity contribution in [1.82, 2.24) is 5.32 Å². The third-order valence-corrected chi connectivity index (χ3v) is 3.85. The zero-order valence-electron chi connectivity index (χ0n) is 12.9. The van der Waals surface area contributed by atoms with Crippen LogP contribution in [0, 0.1) is 27.7 Å². The SMILES string of the molecule is CNC(CC(C)(C)N)c1c(C)c(C)cc(C)c1C. The van der Waals surface area contributed by atoms with E-state index < -0.39 is 0 Å². The molecule has 2 nitrogen and oxygen atoms in total. The van der Waals surface area contributed by atoms with Gasteiger partial charge in [0.25, 0.3) is 0 Å². The molecular formula is C16H28N2. The lowest BCUT2D eigenvalue weighted by molar-refractivity contribution is 0.394. The number of hydrogen-bond acceptors (Lipinski definition) is 2. The molecule has 0 aliphatic rings. The minimum absolute atomic E-state index is 0.162. The van der Waals surface area contributed by atoms with Gasteiger partial charge in [-0.15, -0.1) is 0 Å². The van der Waals surface area contributed by atoms with E-state index in [1.54, 1.807) is 0 Å². The van der Waals surface area contributed by atoms with Crippen LogP contribution in [0.15, 0.2) is 6.07 Å². The standard InChI is InChI=1S/C16H28N2/c1-10-8-11(2)13(4)15(12(10)3)14(18-7)9-16(5,6)17/h8,14,18H,9,17H2,1-7H3. The lowest BCUT2D eigenvalue weighted by Gasteiger charge is -2.29. The van der Waals surface area contributed by atoms with Crippen molar-refractivity contribution in [3.63, 3.8) is 0 Å². The smallest absolute Gasteiger partial charge is 0.0340 e. The minimum atomic E-state index is -0.162. The molecule has 0 fully saturated rings. The third-order valence-electron chi connectivity index (χ3n) is 3.85. The molecule has 0 aliphatic heterocycles. The van der Waals surface area contributed by atoms with Gasteiger partial charge in [-0.2, -0.15) is 0 Å². The van der Waals surface area contributed by atoms with E-state index in [1.807, 2.05) is 7.05 Å². The van der Waals surface area contributed by atoms with Gasteiger partial charge in [0.2, 0.25) is 0 Å². The first-order chi connectivity index (χ1) is 8.17. The molecule has 0 aliphatic carbocycles. The third kappa shape index (κ3) is 3.33. The summed E-state index contributed by atoms with van der Waals surface area (Å²) < 4.78 is 0. The van der Waals surface area contributed by atoms with Crippen molar-refractivity contribution in [3.05, 3.63) is 33.9 Å². The fraction of sp³-hybridized carbons (Fsp3) is 0.625. The zero-order valence-corrected chi connectivity index (χ0v) is 12.9. The molecule has 2 heteroatoms. The molecule has 0 bridgehead atoms. The molecule has 102 valence electrons. The number of benzene rings is 1. The van der Waals surface area contributed by atoms with E-state index in [2.05, 4.69) is 52.9 Å². The average Bonchev–Trinajstić information content (AvgIpc) is 2.23. The Morgan fingerprint density at radius 1 is 1.11 bits per heavy atom. The Labute approximate surface area is 112 Å². The van der Waals surface area contributed by atoms with E-state index in [0.717, 1.165) is 6.42 Å². The largest absolute Gasteiger partial charge is 0.325 e. The summed E-state index contributed by atoms with van der Waals surface area (Å²) in [5.74, 6) is 0. The van der Waals surface area contributed by atoms with Gasteiger partial charge in [-0.25, -0.2) is 0 Å². The van der Waals surface area contributed by atoms with Crippen LogP contribution >= 0.6 is 0 Å². The maximum Gasteiger partial charge on any atom is 0.0340 e. The topological polar surface area (TPSA) is 38.0 Å². The Morgan fingerprint density at radius 3 is 1.89 bits per heavy atom. The van der Waals surface area contributed by atoms with Crippen LogP contribution in [0.4, 0.5) is 0 Å². The summed E-state index contributed by atoms with van der Waals surface area (Å²) in [6, 6.07) is 2.60. The monoisotopic (exact) mass is 248 g/mol. The highest BCUT2D eigenvalue weighted by atomic mass is 14.9. The molecule has 0 spiro atoms. The first-order valence-electron chi connectivity index (χ1n) is 6.71. The maximum atomic E-state index is 6.19. The van der Waals surface area contributed by atoms with Crippen molar-refractivity contribution in [1.29, 1.82) is 0 Å². The predicted octanol–water partition coefficient (Wildman–Crippen LogP) is 3.31. The summed E-state index contributed by atoms with van der Waals surface area (Å²) in [5, 5.41) is 3.43. The Morgan fingerprint density at radius 2 is 1.56 bits per heavy atom. The second-order valence-corrected chi connectivity index (χ2v) is 6.21. The second kappa shape index (κ2) is 5.41. The van der Waals surface area contributed by atoms with Gasteiger partial charge in [-0.05, 0) is 82.8 Å². The van der Waals surface area contributed by atoms with Crippen molar-refractivity contribution >= 4 is 0 Å². The lowest BCUT2D eigenvalue weighted by Crippen LogP contribution is -2.37. The van der Waals surface area contributed by atoms with E-state index in [1.165, 1.54) is 27.8 Å². The summed E-state index contributed by atoms with van der Waals surface area (Å²) in [4.78, 5) is 0. The van der Waals surface area contributed by atoms with Crippen molar-refractivity contribution in [2.75, 3.05) is 7.05 Å². The highest BCUT2D eigenvalue weighted by molar-refractivity contribution is 5.45.